The average Bonchev–Trinajstić information content (AvgIpc) is 3.28. The number of fused-ring (bicyclic) bond motifs is 2. The zero-order valence-electron chi connectivity index (χ0n) is 13.5. The topological polar surface area (TPSA) is 83.4 Å². The van der Waals surface area contributed by atoms with Crippen LogP contribution in [0, 0.1) is 0 Å². The third kappa shape index (κ3) is 3.89. The van der Waals surface area contributed by atoms with Crippen molar-refractivity contribution in [3.8, 4) is 0 Å². The molecule has 2 aromatic rings. The van der Waals surface area contributed by atoms with Crippen molar-refractivity contribution in [3.05, 3.63) is 41.2 Å². The first-order chi connectivity index (χ1) is 11.7. The summed E-state index contributed by atoms with van der Waals surface area (Å²) >= 11 is 1.33. The van der Waals surface area contributed by atoms with Crippen molar-refractivity contribution in [1.82, 2.24) is 10.6 Å². The molecule has 3 N–H and O–H groups in total. The van der Waals surface area contributed by atoms with Crippen LogP contribution in [0.1, 0.15) is 46.6 Å². The molecule has 2 fully saturated rings. The van der Waals surface area contributed by atoms with E-state index < -0.39 is 0 Å². The van der Waals surface area contributed by atoms with Gasteiger partial charge in [-0.15, -0.1) is 23.7 Å². The minimum atomic E-state index is -0.351. The van der Waals surface area contributed by atoms with Gasteiger partial charge in [-0.25, -0.2) is 0 Å². The maximum atomic E-state index is 12.6. The van der Waals surface area contributed by atoms with Crippen LogP contribution in [0.3, 0.4) is 0 Å². The number of nitrogens with one attached hydrogen (secondary N) is 3. The van der Waals surface area contributed by atoms with Crippen molar-refractivity contribution in [2.45, 2.75) is 43.8 Å². The molecular formula is C17H20ClN3O3S. The van der Waals surface area contributed by atoms with Crippen LogP contribution in [0.15, 0.2) is 34.3 Å². The van der Waals surface area contributed by atoms with E-state index >= 15 is 0 Å². The summed E-state index contributed by atoms with van der Waals surface area (Å²) in [4.78, 5) is 24.7. The minimum absolute atomic E-state index is 0. The molecule has 2 aromatic heterocycles. The number of hydrogen-bond donors (Lipinski definition) is 3. The van der Waals surface area contributed by atoms with Crippen LogP contribution in [0.5, 0.6) is 0 Å². The predicted octanol–water partition coefficient (Wildman–Crippen LogP) is 3.03. The maximum absolute atomic E-state index is 12.6. The lowest BCUT2D eigenvalue weighted by Crippen LogP contribution is -2.48. The SMILES string of the molecule is Cl.O=C(Nc1sccc1C(=O)NC1CC2CCC(C1)N2)c1ccco1. The average molecular weight is 382 g/mol. The van der Waals surface area contributed by atoms with E-state index in [0.29, 0.717) is 22.6 Å². The van der Waals surface area contributed by atoms with Crippen LogP contribution in [0.2, 0.25) is 0 Å². The molecule has 2 bridgehead atoms. The highest BCUT2D eigenvalue weighted by Gasteiger charge is 2.34. The van der Waals surface area contributed by atoms with Gasteiger partial charge in [0, 0.05) is 18.1 Å². The van der Waals surface area contributed by atoms with E-state index in [2.05, 4.69) is 16.0 Å². The molecule has 0 radical (unpaired) electrons. The summed E-state index contributed by atoms with van der Waals surface area (Å²) in [5.74, 6) is -0.251. The lowest BCUT2D eigenvalue weighted by atomic mass is 9.99. The molecule has 0 aromatic carbocycles. The van der Waals surface area contributed by atoms with Gasteiger partial charge in [0.2, 0.25) is 0 Å². The summed E-state index contributed by atoms with van der Waals surface area (Å²) in [6.45, 7) is 0. The molecule has 25 heavy (non-hydrogen) atoms. The molecule has 0 spiro atoms. The fourth-order valence-electron chi connectivity index (χ4n) is 3.60. The predicted molar refractivity (Wildman–Crippen MR) is 98.7 cm³/mol. The Bertz CT molecular complexity index is 734. The number of thiophene rings is 1. The van der Waals surface area contributed by atoms with Crippen molar-refractivity contribution in [2.75, 3.05) is 5.32 Å². The molecule has 0 aliphatic carbocycles. The number of anilines is 1. The van der Waals surface area contributed by atoms with Gasteiger partial charge in [-0.1, -0.05) is 0 Å². The number of halogens is 1. The Morgan fingerprint density at radius 3 is 2.60 bits per heavy atom. The van der Waals surface area contributed by atoms with Gasteiger partial charge in [0.25, 0.3) is 11.8 Å². The van der Waals surface area contributed by atoms with Gasteiger partial charge < -0.3 is 20.4 Å². The fourth-order valence-corrected chi connectivity index (χ4v) is 4.38. The molecule has 2 unspecified atom stereocenters. The van der Waals surface area contributed by atoms with Crippen LogP contribution in [0.4, 0.5) is 5.00 Å². The van der Waals surface area contributed by atoms with Crippen molar-refractivity contribution in [2.24, 2.45) is 0 Å². The number of carbonyl (C=O) groups excluding carboxylic acids is 2. The molecule has 6 nitrogen and oxygen atoms in total. The lowest BCUT2D eigenvalue weighted by Gasteiger charge is -2.29. The molecule has 4 rings (SSSR count). The summed E-state index contributed by atoms with van der Waals surface area (Å²) in [5.41, 5.74) is 0.505. The van der Waals surface area contributed by atoms with Crippen molar-refractivity contribution < 1.29 is 14.0 Å². The van der Waals surface area contributed by atoms with Gasteiger partial charge >= 0.3 is 0 Å². The monoisotopic (exact) mass is 381 g/mol. The second-order valence-corrected chi connectivity index (χ2v) is 7.29. The molecule has 134 valence electrons. The van der Waals surface area contributed by atoms with E-state index in [4.69, 9.17) is 4.42 Å². The Balaban J connectivity index is 0.00000182. The zero-order chi connectivity index (χ0) is 16.5. The molecule has 2 aliphatic heterocycles. The molecule has 4 heterocycles. The summed E-state index contributed by atoms with van der Waals surface area (Å²) in [5, 5.41) is 11.8. The molecule has 0 saturated carbocycles. The first-order valence-corrected chi connectivity index (χ1v) is 9.06. The first kappa shape index (κ1) is 18.0. The summed E-state index contributed by atoms with van der Waals surface area (Å²) < 4.78 is 5.08. The second kappa shape index (κ2) is 7.59. The quantitative estimate of drug-likeness (QED) is 0.760. The third-order valence-electron chi connectivity index (χ3n) is 4.69. The van der Waals surface area contributed by atoms with Gasteiger partial charge in [-0.2, -0.15) is 0 Å². The van der Waals surface area contributed by atoms with Crippen LogP contribution >= 0.6 is 23.7 Å². The molecule has 8 heteroatoms. The number of amides is 2. The van der Waals surface area contributed by atoms with Gasteiger partial charge in [0.05, 0.1) is 11.8 Å². The zero-order valence-corrected chi connectivity index (χ0v) is 15.1. The molecule has 2 atom stereocenters. The lowest BCUT2D eigenvalue weighted by molar-refractivity contribution is 0.0925. The largest absolute Gasteiger partial charge is 0.459 e. The first-order valence-electron chi connectivity index (χ1n) is 8.18. The van der Waals surface area contributed by atoms with Gasteiger partial charge in [-0.05, 0) is 49.3 Å². The van der Waals surface area contributed by atoms with E-state index in [1.54, 1.807) is 23.6 Å². The van der Waals surface area contributed by atoms with Crippen LogP contribution in [-0.4, -0.2) is 29.9 Å². The van der Waals surface area contributed by atoms with E-state index in [1.807, 2.05) is 0 Å². The Kier molecular flexibility index (Phi) is 5.46. The number of piperidine rings is 1. The Labute approximate surface area is 155 Å². The smallest absolute Gasteiger partial charge is 0.291 e. The highest BCUT2D eigenvalue weighted by molar-refractivity contribution is 7.14. The van der Waals surface area contributed by atoms with Crippen LogP contribution < -0.4 is 16.0 Å². The van der Waals surface area contributed by atoms with Crippen molar-refractivity contribution >= 4 is 40.6 Å². The standard InChI is InChI=1S/C17H19N3O3S.ClH/c21-15(19-12-8-10-3-4-11(9-12)18-10)13-5-7-24-17(13)20-16(22)14-2-1-6-23-14;/h1-2,5-7,10-12,18H,3-4,8-9H2,(H,19,21)(H,20,22);1H. The molecule has 2 saturated heterocycles. The third-order valence-corrected chi connectivity index (χ3v) is 5.52. The van der Waals surface area contributed by atoms with E-state index in [1.165, 1.54) is 30.4 Å². The Morgan fingerprint density at radius 1 is 1.16 bits per heavy atom. The molecule has 2 aliphatic rings. The normalized spacial score (nSPS) is 24.4. The van der Waals surface area contributed by atoms with Crippen molar-refractivity contribution in [3.63, 3.8) is 0 Å². The van der Waals surface area contributed by atoms with E-state index in [0.717, 1.165) is 12.8 Å². The number of carbonyl (C=O) groups is 2. The summed E-state index contributed by atoms with van der Waals surface area (Å²) in [7, 11) is 0. The van der Waals surface area contributed by atoms with E-state index in [-0.39, 0.29) is 36.0 Å². The highest BCUT2D eigenvalue weighted by atomic mass is 35.5. The summed E-state index contributed by atoms with van der Waals surface area (Å²) in [6, 6.07) is 6.23. The number of hydrogen-bond acceptors (Lipinski definition) is 5. The summed E-state index contributed by atoms with van der Waals surface area (Å²) in [6.07, 6.45) is 5.78. The second-order valence-electron chi connectivity index (χ2n) is 6.37. The van der Waals surface area contributed by atoms with Crippen molar-refractivity contribution in [1.29, 1.82) is 0 Å². The van der Waals surface area contributed by atoms with Gasteiger partial charge in [0.15, 0.2) is 5.76 Å². The molecular weight excluding hydrogens is 362 g/mol. The molecule has 2 amide bonds. The van der Waals surface area contributed by atoms with Gasteiger partial charge in [0.1, 0.15) is 5.00 Å². The van der Waals surface area contributed by atoms with Crippen LogP contribution in [0.25, 0.3) is 0 Å². The number of rotatable bonds is 4. The highest BCUT2D eigenvalue weighted by Crippen LogP contribution is 2.28. The number of furan rings is 1. The van der Waals surface area contributed by atoms with Crippen LogP contribution in [-0.2, 0) is 0 Å². The Hall–Kier alpha value is -1.83. The fraction of sp³-hybridized carbons (Fsp3) is 0.412. The Morgan fingerprint density at radius 2 is 1.92 bits per heavy atom. The minimum Gasteiger partial charge on any atom is -0.459 e. The van der Waals surface area contributed by atoms with E-state index in [9.17, 15) is 9.59 Å². The maximum Gasteiger partial charge on any atom is 0.291 e. The van der Waals surface area contributed by atoms with Gasteiger partial charge in [-0.3, -0.25) is 9.59 Å².